The number of carbonyl (C=O) groups is 3. The van der Waals surface area contributed by atoms with Gasteiger partial charge in [0.15, 0.2) is 5.78 Å². The number of carbonyl (C=O) groups excluding carboxylic acids is 3. The molecule has 1 aromatic carbocycles. The molecule has 1 rings (SSSR count). The van der Waals surface area contributed by atoms with Crippen LogP contribution in [-0.2, 0) is 19.1 Å². The summed E-state index contributed by atoms with van der Waals surface area (Å²) in [5, 5.41) is 2.75. The minimum atomic E-state index is -0.700. The van der Waals surface area contributed by atoms with Crippen molar-refractivity contribution in [1.29, 1.82) is 0 Å². The predicted molar refractivity (Wildman–Crippen MR) is 76.8 cm³/mol. The number of nitrogens with one attached hydrogen (secondary N) is 1. The second kappa shape index (κ2) is 7.84. The van der Waals surface area contributed by atoms with Gasteiger partial charge in [0.2, 0.25) is 0 Å². The molecule has 0 amide bonds. The van der Waals surface area contributed by atoms with Crippen molar-refractivity contribution in [2.75, 3.05) is 19.5 Å². The molecule has 1 aromatic rings. The second-order valence-corrected chi connectivity index (χ2v) is 4.05. The van der Waals surface area contributed by atoms with Crippen LogP contribution in [0.2, 0.25) is 0 Å². The molecule has 0 fully saturated rings. The number of benzene rings is 1. The normalized spacial score (nSPS) is 10.7. The van der Waals surface area contributed by atoms with Crippen molar-refractivity contribution < 1.29 is 23.9 Å². The van der Waals surface area contributed by atoms with E-state index in [9.17, 15) is 14.4 Å². The lowest BCUT2D eigenvalue weighted by Gasteiger charge is -2.09. The van der Waals surface area contributed by atoms with Gasteiger partial charge >= 0.3 is 11.9 Å². The van der Waals surface area contributed by atoms with E-state index < -0.39 is 11.9 Å². The van der Waals surface area contributed by atoms with Gasteiger partial charge in [-0.2, -0.15) is 0 Å². The number of rotatable bonds is 6. The van der Waals surface area contributed by atoms with Gasteiger partial charge in [-0.3, -0.25) is 4.79 Å². The molecule has 112 valence electrons. The number of anilines is 1. The molecule has 0 radical (unpaired) electrons. The van der Waals surface area contributed by atoms with Crippen LogP contribution in [-0.4, -0.2) is 31.9 Å². The molecule has 0 bridgehead atoms. The van der Waals surface area contributed by atoms with Crippen molar-refractivity contribution in [2.45, 2.75) is 13.3 Å². The van der Waals surface area contributed by atoms with Crippen LogP contribution in [0.3, 0.4) is 0 Å². The Morgan fingerprint density at radius 1 is 1.10 bits per heavy atom. The maximum absolute atomic E-state index is 11.6. The van der Waals surface area contributed by atoms with Crippen molar-refractivity contribution in [3.8, 4) is 0 Å². The van der Waals surface area contributed by atoms with Crippen LogP contribution in [0, 0.1) is 0 Å². The van der Waals surface area contributed by atoms with Crippen LogP contribution >= 0.6 is 0 Å². The summed E-state index contributed by atoms with van der Waals surface area (Å²) >= 11 is 0. The summed E-state index contributed by atoms with van der Waals surface area (Å²) in [4.78, 5) is 34.3. The van der Waals surface area contributed by atoms with Gasteiger partial charge in [-0.05, 0) is 24.3 Å². The van der Waals surface area contributed by atoms with Crippen LogP contribution in [0.25, 0.3) is 0 Å². The Morgan fingerprint density at radius 3 is 2.19 bits per heavy atom. The van der Waals surface area contributed by atoms with Crippen molar-refractivity contribution in [3.05, 3.63) is 41.6 Å². The van der Waals surface area contributed by atoms with Gasteiger partial charge in [0.1, 0.15) is 5.70 Å². The summed E-state index contributed by atoms with van der Waals surface area (Å²) in [6, 6.07) is 6.55. The molecule has 21 heavy (non-hydrogen) atoms. The number of esters is 2. The number of ketones is 1. The quantitative estimate of drug-likeness (QED) is 0.490. The number of methoxy groups -OCH3 is 2. The molecule has 0 saturated carbocycles. The maximum Gasteiger partial charge on any atom is 0.354 e. The third kappa shape index (κ3) is 4.76. The van der Waals surface area contributed by atoms with E-state index in [1.807, 2.05) is 0 Å². The fraction of sp³-hybridized carbons (Fsp3) is 0.267. The summed E-state index contributed by atoms with van der Waals surface area (Å²) in [6.45, 7) is 1.78. The van der Waals surface area contributed by atoms with E-state index >= 15 is 0 Å². The fourth-order valence-electron chi connectivity index (χ4n) is 1.53. The van der Waals surface area contributed by atoms with Crippen LogP contribution in [0.1, 0.15) is 23.7 Å². The topological polar surface area (TPSA) is 81.7 Å². The molecule has 6 heteroatoms. The van der Waals surface area contributed by atoms with Crippen molar-refractivity contribution in [2.24, 2.45) is 0 Å². The van der Waals surface area contributed by atoms with Crippen LogP contribution in [0.15, 0.2) is 36.0 Å². The Labute approximate surface area is 122 Å². The monoisotopic (exact) mass is 291 g/mol. The van der Waals surface area contributed by atoms with Crippen molar-refractivity contribution in [3.63, 3.8) is 0 Å². The number of ether oxygens (including phenoxy) is 2. The van der Waals surface area contributed by atoms with Gasteiger partial charge in [0, 0.05) is 17.7 Å². The number of hydrogen-bond acceptors (Lipinski definition) is 6. The first-order chi connectivity index (χ1) is 10.0. The highest BCUT2D eigenvalue weighted by atomic mass is 16.5. The molecule has 0 spiro atoms. The molecule has 0 aliphatic heterocycles. The predicted octanol–water partition coefficient (Wildman–Crippen LogP) is 1.92. The SMILES string of the molecule is CCC(=O)c1ccc(N/C(=C/C(=O)OC)C(=O)OC)cc1. The first kappa shape index (κ1) is 16.4. The first-order valence-electron chi connectivity index (χ1n) is 6.30. The van der Waals surface area contributed by atoms with Crippen LogP contribution in [0.5, 0.6) is 0 Å². The molecule has 0 aromatic heterocycles. The molecule has 0 atom stereocenters. The maximum atomic E-state index is 11.6. The Morgan fingerprint density at radius 2 is 1.71 bits per heavy atom. The standard InChI is InChI=1S/C15H17NO5/c1-4-13(17)10-5-7-11(8-6-10)16-12(15(19)21-3)9-14(18)20-2/h5-9,16H,4H2,1-3H3/b12-9+. The summed E-state index contributed by atoms with van der Waals surface area (Å²) in [7, 11) is 2.41. The van der Waals surface area contributed by atoms with Gasteiger partial charge in [-0.1, -0.05) is 6.92 Å². The van der Waals surface area contributed by atoms with E-state index in [4.69, 9.17) is 0 Å². The Bertz CT molecular complexity index is 560. The average molecular weight is 291 g/mol. The molecule has 0 aliphatic rings. The van der Waals surface area contributed by atoms with E-state index in [0.29, 0.717) is 17.7 Å². The lowest BCUT2D eigenvalue weighted by atomic mass is 10.1. The van der Waals surface area contributed by atoms with E-state index in [1.165, 1.54) is 14.2 Å². The third-order valence-corrected chi connectivity index (χ3v) is 2.68. The minimum Gasteiger partial charge on any atom is -0.466 e. The molecule has 1 N–H and O–H groups in total. The van der Waals surface area contributed by atoms with Crippen molar-refractivity contribution in [1.82, 2.24) is 0 Å². The Hall–Kier alpha value is -2.63. The zero-order valence-corrected chi connectivity index (χ0v) is 12.1. The van der Waals surface area contributed by atoms with Gasteiger partial charge in [0.25, 0.3) is 0 Å². The van der Waals surface area contributed by atoms with E-state index in [-0.39, 0.29) is 11.5 Å². The summed E-state index contributed by atoms with van der Waals surface area (Å²) in [5.74, 6) is -1.35. The van der Waals surface area contributed by atoms with Crippen LogP contribution in [0.4, 0.5) is 5.69 Å². The molecule has 0 aliphatic carbocycles. The number of hydrogen-bond donors (Lipinski definition) is 1. The second-order valence-electron chi connectivity index (χ2n) is 4.05. The van der Waals surface area contributed by atoms with Gasteiger partial charge < -0.3 is 14.8 Å². The minimum absolute atomic E-state index is 0.0276. The lowest BCUT2D eigenvalue weighted by molar-refractivity contribution is -0.138. The molecular weight excluding hydrogens is 274 g/mol. The highest BCUT2D eigenvalue weighted by molar-refractivity contribution is 5.99. The molecular formula is C15H17NO5. The highest BCUT2D eigenvalue weighted by Crippen LogP contribution is 2.14. The highest BCUT2D eigenvalue weighted by Gasteiger charge is 2.13. The fourth-order valence-corrected chi connectivity index (χ4v) is 1.53. The molecule has 0 heterocycles. The van der Waals surface area contributed by atoms with E-state index in [1.54, 1.807) is 31.2 Å². The summed E-state index contributed by atoms with van der Waals surface area (Å²) < 4.78 is 9.05. The summed E-state index contributed by atoms with van der Waals surface area (Å²) in [5.41, 5.74) is 1.07. The molecule has 0 saturated heterocycles. The largest absolute Gasteiger partial charge is 0.466 e. The zero-order valence-electron chi connectivity index (χ0n) is 12.1. The Balaban J connectivity index is 2.94. The zero-order chi connectivity index (χ0) is 15.8. The van der Waals surface area contributed by atoms with E-state index in [0.717, 1.165) is 6.08 Å². The summed E-state index contributed by atoms with van der Waals surface area (Å²) in [6.07, 6.45) is 1.42. The van der Waals surface area contributed by atoms with Gasteiger partial charge in [0.05, 0.1) is 20.3 Å². The Kier molecular flexibility index (Phi) is 6.13. The van der Waals surface area contributed by atoms with Crippen molar-refractivity contribution >= 4 is 23.4 Å². The first-order valence-corrected chi connectivity index (χ1v) is 6.30. The average Bonchev–Trinajstić information content (AvgIpc) is 2.53. The van der Waals surface area contributed by atoms with Gasteiger partial charge in [-0.25, -0.2) is 9.59 Å². The number of Topliss-reactive ketones (excluding diaryl/α,β-unsaturated/α-hetero) is 1. The van der Waals surface area contributed by atoms with Gasteiger partial charge in [-0.15, -0.1) is 0 Å². The molecule has 6 nitrogen and oxygen atoms in total. The third-order valence-electron chi connectivity index (χ3n) is 2.68. The molecule has 0 unspecified atom stereocenters. The lowest BCUT2D eigenvalue weighted by Crippen LogP contribution is -2.15. The van der Waals surface area contributed by atoms with Crippen LogP contribution < -0.4 is 5.32 Å². The van der Waals surface area contributed by atoms with E-state index in [2.05, 4.69) is 14.8 Å². The smallest absolute Gasteiger partial charge is 0.354 e.